The minimum absolute atomic E-state index is 0.00664. The summed E-state index contributed by atoms with van der Waals surface area (Å²) in [7, 11) is -3.47. The third-order valence-electron chi connectivity index (χ3n) is 6.18. The van der Waals surface area contributed by atoms with Gasteiger partial charge in [-0.25, -0.2) is 8.42 Å². The first-order valence-electron chi connectivity index (χ1n) is 11.1. The van der Waals surface area contributed by atoms with E-state index in [9.17, 15) is 13.2 Å². The van der Waals surface area contributed by atoms with Crippen LogP contribution in [0, 0.1) is 11.8 Å². The lowest BCUT2D eigenvalue weighted by atomic mass is 9.88. The van der Waals surface area contributed by atoms with E-state index in [-0.39, 0.29) is 11.8 Å². The lowest BCUT2D eigenvalue weighted by molar-refractivity contribution is -0.126. The van der Waals surface area contributed by atoms with E-state index in [4.69, 9.17) is 4.74 Å². The van der Waals surface area contributed by atoms with Gasteiger partial charge in [-0.1, -0.05) is 50.1 Å². The topological polar surface area (TPSA) is 75.7 Å². The van der Waals surface area contributed by atoms with Crippen LogP contribution < -0.4 is 5.32 Å². The van der Waals surface area contributed by atoms with E-state index in [1.807, 2.05) is 30.3 Å². The summed E-state index contributed by atoms with van der Waals surface area (Å²) in [5.41, 5.74) is 0.847. The molecule has 1 saturated carbocycles. The molecule has 1 aliphatic carbocycles. The van der Waals surface area contributed by atoms with Gasteiger partial charge in [0.25, 0.3) is 0 Å². The molecule has 1 aliphatic heterocycles. The molecule has 7 heteroatoms. The molecule has 2 atom stereocenters. The number of piperidine rings is 1. The largest absolute Gasteiger partial charge is 0.376 e. The van der Waals surface area contributed by atoms with Gasteiger partial charge < -0.3 is 10.1 Å². The second kappa shape index (κ2) is 11.1. The van der Waals surface area contributed by atoms with Crippen molar-refractivity contribution < 1.29 is 17.9 Å². The molecule has 1 amide bonds. The van der Waals surface area contributed by atoms with E-state index in [0.717, 1.165) is 12.0 Å². The van der Waals surface area contributed by atoms with Gasteiger partial charge in [0.05, 0.1) is 12.7 Å². The van der Waals surface area contributed by atoms with Crippen LogP contribution in [0.3, 0.4) is 0 Å². The molecule has 2 unspecified atom stereocenters. The van der Waals surface area contributed by atoms with Crippen molar-refractivity contribution in [1.82, 2.24) is 9.62 Å². The standard InChI is InChI=1S/C23H34N2O4S/c1-19-7-5-6-10-22(19)29-17-14-24-23(26)21-11-15-25(16-12-21)30(27,28)18-13-20-8-3-2-4-9-20/h2-4,8-9,13,18-19,21-22H,5-7,10-12,14-17H2,1H3,(H,24,26)/b18-13+. The molecule has 3 rings (SSSR count). The van der Waals surface area contributed by atoms with Crippen LogP contribution in [0.2, 0.25) is 0 Å². The average Bonchev–Trinajstić information content (AvgIpc) is 2.77. The first-order valence-corrected chi connectivity index (χ1v) is 12.6. The monoisotopic (exact) mass is 434 g/mol. The van der Waals surface area contributed by atoms with E-state index in [2.05, 4.69) is 12.2 Å². The summed E-state index contributed by atoms with van der Waals surface area (Å²) in [5.74, 6) is 0.465. The van der Waals surface area contributed by atoms with Crippen LogP contribution in [-0.2, 0) is 19.6 Å². The SMILES string of the molecule is CC1CCCCC1OCCNC(=O)C1CCN(S(=O)(=O)/C=C/c2ccccc2)CC1. The maximum atomic E-state index is 12.5. The molecular weight excluding hydrogens is 400 g/mol. The van der Waals surface area contributed by atoms with E-state index in [1.165, 1.54) is 29.0 Å². The minimum Gasteiger partial charge on any atom is -0.376 e. The molecule has 2 aliphatic rings. The molecule has 0 radical (unpaired) electrons. The molecular formula is C23H34N2O4S. The van der Waals surface area contributed by atoms with Crippen molar-refractivity contribution in [2.24, 2.45) is 11.8 Å². The summed E-state index contributed by atoms with van der Waals surface area (Å²) in [6.45, 7) is 4.03. The van der Waals surface area contributed by atoms with Crippen molar-refractivity contribution in [2.75, 3.05) is 26.2 Å². The van der Waals surface area contributed by atoms with Crippen LogP contribution in [0.15, 0.2) is 35.7 Å². The zero-order valence-electron chi connectivity index (χ0n) is 17.8. The van der Waals surface area contributed by atoms with Crippen molar-refractivity contribution in [1.29, 1.82) is 0 Å². The fourth-order valence-electron chi connectivity index (χ4n) is 4.25. The zero-order chi connectivity index (χ0) is 21.4. The van der Waals surface area contributed by atoms with Gasteiger partial charge in [-0.3, -0.25) is 4.79 Å². The van der Waals surface area contributed by atoms with Crippen LogP contribution in [0.4, 0.5) is 0 Å². The van der Waals surface area contributed by atoms with Gasteiger partial charge in [0.1, 0.15) is 0 Å². The molecule has 1 N–H and O–H groups in total. The number of benzene rings is 1. The number of hydrogen-bond acceptors (Lipinski definition) is 4. The van der Waals surface area contributed by atoms with Gasteiger partial charge >= 0.3 is 0 Å². The molecule has 0 aromatic heterocycles. The number of hydrogen-bond donors (Lipinski definition) is 1. The van der Waals surface area contributed by atoms with Crippen LogP contribution in [0.5, 0.6) is 0 Å². The Morgan fingerprint density at radius 2 is 1.83 bits per heavy atom. The van der Waals surface area contributed by atoms with E-state index < -0.39 is 10.0 Å². The van der Waals surface area contributed by atoms with Crippen molar-refractivity contribution in [3.63, 3.8) is 0 Å². The second-order valence-electron chi connectivity index (χ2n) is 8.39. The summed E-state index contributed by atoms with van der Waals surface area (Å²) in [6.07, 6.45) is 7.86. The fourth-order valence-corrected chi connectivity index (χ4v) is 5.47. The molecule has 1 aromatic carbocycles. The van der Waals surface area contributed by atoms with Crippen molar-refractivity contribution >= 4 is 22.0 Å². The highest BCUT2D eigenvalue weighted by Gasteiger charge is 2.30. The number of sulfonamides is 1. The number of rotatable bonds is 8. The van der Waals surface area contributed by atoms with Gasteiger partial charge in [0, 0.05) is 31.0 Å². The predicted octanol–water partition coefficient (Wildman–Crippen LogP) is 3.41. The maximum Gasteiger partial charge on any atom is 0.236 e. The summed E-state index contributed by atoms with van der Waals surface area (Å²) in [4.78, 5) is 12.4. The van der Waals surface area contributed by atoms with Crippen LogP contribution in [-0.4, -0.2) is 51.0 Å². The third kappa shape index (κ3) is 6.65. The lowest BCUT2D eigenvalue weighted by Gasteiger charge is -2.30. The normalized spacial score (nSPS) is 24.2. The third-order valence-corrected chi connectivity index (χ3v) is 7.75. The Labute approximate surface area is 180 Å². The van der Waals surface area contributed by atoms with Gasteiger partial charge in [0.2, 0.25) is 15.9 Å². The summed E-state index contributed by atoms with van der Waals surface area (Å²) >= 11 is 0. The quantitative estimate of drug-likeness (QED) is 0.636. The van der Waals surface area contributed by atoms with Gasteiger partial charge in [0.15, 0.2) is 0 Å². The van der Waals surface area contributed by atoms with Crippen molar-refractivity contribution in [3.8, 4) is 0 Å². The zero-order valence-corrected chi connectivity index (χ0v) is 18.6. The Balaban J connectivity index is 1.38. The van der Waals surface area contributed by atoms with Crippen molar-refractivity contribution in [3.05, 3.63) is 41.3 Å². The highest BCUT2D eigenvalue weighted by molar-refractivity contribution is 7.92. The van der Waals surface area contributed by atoms with Gasteiger partial charge in [-0.15, -0.1) is 0 Å². The molecule has 166 valence electrons. The molecule has 2 fully saturated rings. The number of carbonyl (C=O) groups excluding carboxylic acids is 1. The number of nitrogens with zero attached hydrogens (tertiary/aromatic N) is 1. The molecule has 30 heavy (non-hydrogen) atoms. The highest BCUT2D eigenvalue weighted by Crippen LogP contribution is 2.26. The van der Waals surface area contributed by atoms with Crippen molar-refractivity contribution in [2.45, 2.75) is 51.6 Å². The molecule has 1 aromatic rings. The fraction of sp³-hybridized carbons (Fsp3) is 0.609. The Kier molecular flexibility index (Phi) is 8.48. The minimum atomic E-state index is -3.47. The van der Waals surface area contributed by atoms with E-state index >= 15 is 0 Å². The summed E-state index contributed by atoms with van der Waals surface area (Å²) in [5, 5.41) is 4.22. The Bertz CT molecular complexity index is 802. The maximum absolute atomic E-state index is 12.5. The first-order chi connectivity index (χ1) is 14.5. The molecule has 1 saturated heterocycles. The predicted molar refractivity (Wildman–Crippen MR) is 119 cm³/mol. The molecule has 6 nitrogen and oxygen atoms in total. The van der Waals surface area contributed by atoms with Gasteiger partial charge in [-0.2, -0.15) is 4.31 Å². The molecule has 0 bridgehead atoms. The molecule has 1 heterocycles. The number of amides is 1. The van der Waals surface area contributed by atoms with Crippen LogP contribution in [0.25, 0.3) is 6.08 Å². The number of nitrogens with one attached hydrogen (secondary N) is 1. The second-order valence-corrected chi connectivity index (χ2v) is 10.2. The Hall–Kier alpha value is -1.70. The van der Waals surface area contributed by atoms with Crippen LogP contribution >= 0.6 is 0 Å². The van der Waals surface area contributed by atoms with Crippen LogP contribution in [0.1, 0.15) is 51.0 Å². The Morgan fingerprint density at radius 3 is 2.53 bits per heavy atom. The number of carbonyl (C=O) groups is 1. The van der Waals surface area contributed by atoms with Gasteiger partial charge in [-0.05, 0) is 43.2 Å². The lowest BCUT2D eigenvalue weighted by Crippen LogP contribution is -2.43. The molecule has 0 spiro atoms. The summed E-state index contributed by atoms with van der Waals surface area (Å²) < 4.78 is 32.5. The highest BCUT2D eigenvalue weighted by atomic mass is 32.2. The number of ether oxygens (including phenoxy) is 1. The summed E-state index contributed by atoms with van der Waals surface area (Å²) in [6, 6.07) is 9.36. The Morgan fingerprint density at radius 1 is 1.13 bits per heavy atom. The average molecular weight is 435 g/mol. The first kappa shape index (κ1) is 23.0. The van der Waals surface area contributed by atoms with E-state index in [1.54, 1.807) is 6.08 Å². The smallest absolute Gasteiger partial charge is 0.236 e. The van der Waals surface area contributed by atoms with E-state index in [0.29, 0.717) is 51.1 Å².